The van der Waals surface area contributed by atoms with E-state index in [2.05, 4.69) is 5.32 Å². The molecule has 1 aromatic carbocycles. The third kappa shape index (κ3) is 3.93. The van der Waals surface area contributed by atoms with Crippen molar-refractivity contribution in [2.24, 2.45) is 0 Å². The molecule has 4 nitrogen and oxygen atoms in total. The van der Waals surface area contributed by atoms with Crippen molar-refractivity contribution >= 4 is 23.2 Å². The van der Waals surface area contributed by atoms with Crippen molar-refractivity contribution in [2.45, 2.75) is 12.8 Å². The summed E-state index contributed by atoms with van der Waals surface area (Å²) < 4.78 is 0. The molecule has 0 aliphatic rings. The van der Waals surface area contributed by atoms with Crippen LogP contribution in [0.15, 0.2) is 41.8 Å². The van der Waals surface area contributed by atoms with Gasteiger partial charge in [-0.25, -0.2) is 4.79 Å². The van der Waals surface area contributed by atoms with E-state index < -0.39 is 5.97 Å². The predicted molar refractivity (Wildman–Crippen MR) is 78.1 cm³/mol. The molecule has 0 spiro atoms. The third-order valence-corrected chi connectivity index (χ3v) is 3.81. The highest BCUT2D eigenvalue weighted by molar-refractivity contribution is 7.09. The molecule has 1 amide bonds. The van der Waals surface area contributed by atoms with Crippen LogP contribution >= 0.6 is 11.3 Å². The van der Waals surface area contributed by atoms with Gasteiger partial charge >= 0.3 is 5.97 Å². The van der Waals surface area contributed by atoms with Gasteiger partial charge in [-0.1, -0.05) is 24.3 Å². The summed E-state index contributed by atoms with van der Waals surface area (Å²) in [6.07, 6.45) is 0.886. The number of rotatable bonds is 6. The van der Waals surface area contributed by atoms with Gasteiger partial charge in [0.25, 0.3) is 0 Å². The fourth-order valence-electron chi connectivity index (χ4n) is 1.90. The lowest BCUT2D eigenvalue weighted by molar-refractivity contribution is -0.120. The Balaban J connectivity index is 1.87. The molecule has 0 fully saturated rings. The molecule has 20 heavy (non-hydrogen) atoms. The molecule has 0 radical (unpaired) electrons. The summed E-state index contributed by atoms with van der Waals surface area (Å²) in [5.74, 6) is -1.16. The van der Waals surface area contributed by atoms with Gasteiger partial charge in [-0.2, -0.15) is 0 Å². The number of nitrogens with one attached hydrogen (secondary N) is 1. The highest BCUT2D eigenvalue weighted by atomic mass is 32.1. The number of aromatic carboxylic acids is 1. The summed E-state index contributed by atoms with van der Waals surface area (Å²) in [5, 5.41) is 13.9. The molecule has 104 valence electrons. The van der Waals surface area contributed by atoms with Crippen LogP contribution in [-0.2, 0) is 17.6 Å². The zero-order chi connectivity index (χ0) is 14.4. The minimum absolute atomic E-state index is 0.0902. The van der Waals surface area contributed by atoms with Crippen molar-refractivity contribution in [3.63, 3.8) is 0 Å². The molecule has 0 saturated heterocycles. The van der Waals surface area contributed by atoms with Crippen LogP contribution in [0.1, 0.15) is 20.8 Å². The number of benzene rings is 1. The molecule has 1 aromatic heterocycles. The Morgan fingerprint density at radius 2 is 1.95 bits per heavy atom. The first kappa shape index (κ1) is 14.3. The molecular formula is C15H15NO3S. The standard InChI is InChI=1S/C15H15NO3S/c17-14(16-8-7-12-5-3-9-20-12)10-11-4-1-2-6-13(11)15(18)19/h1-6,9H,7-8,10H2,(H,16,17)(H,18,19). The average molecular weight is 289 g/mol. The molecule has 2 aromatic rings. The topological polar surface area (TPSA) is 66.4 Å². The lowest BCUT2D eigenvalue weighted by atomic mass is 10.0. The molecule has 0 unspecified atom stereocenters. The lowest BCUT2D eigenvalue weighted by Gasteiger charge is -2.07. The van der Waals surface area contributed by atoms with E-state index in [1.807, 2.05) is 17.5 Å². The van der Waals surface area contributed by atoms with Gasteiger partial charge in [-0.05, 0) is 29.5 Å². The monoisotopic (exact) mass is 289 g/mol. The molecule has 0 bridgehead atoms. The summed E-state index contributed by atoms with van der Waals surface area (Å²) in [6.45, 7) is 0.564. The van der Waals surface area contributed by atoms with Gasteiger partial charge in [-0.15, -0.1) is 11.3 Å². The predicted octanol–water partition coefficient (Wildman–Crippen LogP) is 2.35. The van der Waals surface area contributed by atoms with E-state index >= 15 is 0 Å². The zero-order valence-corrected chi connectivity index (χ0v) is 11.7. The maximum absolute atomic E-state index is 11.8. The van der Waals surface area contributed by atoms with Gasteiger partial charge in [0.15, 0.2) is 0 Å². The van der Waals surface area contributed by atoms with E-state index in [0.29, 0.717) is 12.1 Å². The van der Waals surface area contributed by atoms with E-state index in [-0.39, 0.29) is 17.9 Å². The Morgan fingerprint density at radius 3 is 2.65 bits per heavy atom. The first-order valence-electron chi connectivity index (χ1n) is 6.27. The molecule has 0 aliphatic carbocycles. The molecule has 0 aliphatic heterocycles. The van der Waals surface area contributed by atoms with Crippen LogP contribution in [0.3, 0.4) is 0 Å². The SMILES string of the molecule is O=C(Cc1ccccc1C(=O)O)NCCc1cccs1. The molecule has 5 heteroatoms. The van der Waals surface area contributed by atoms with Gasteiger partial charge in [0.2, 0.25) is 5.91 Å². The van der Waals surface area contributed by atoms with Crippen LogP contribution in [0.5, 0.6) is 0 Å². The maximum Gasteiger partial charge on any atom is 0.335 e. The Kier molecular flexibility index (Phi) is 4.90. The Hall–Kier alpha value is -2.14. The number of carboxylic acids is 1. The molecule has 0 saturated carbocycles. The molecule has 0 atom stereocenters. The largest absolute Gasteiger partial charge is 0.478 e. The Labute approximate surface area is 121 Å². The minimum Gasteiger partial charge on any atom is -0.478 e. The van der Waals surface area contributed by atoms with E-state index in [4.69, 9.17) is 5.11 Å². The molecule has 1 heterocycles. The number of carboxylic acid groups (broad SMARTS) is 1. The number of amides is 1. The third-order valence-electron chi connectivity index (χ3n) is 2.87. The fourth-order valence-corrected chi connectivity index (χ4v) is 2.61. The zero-order valence-electron chi connectivity index (χ0n) is 10.8. The van der Waals surface area contributed by atoms with Gasteiger partial charge < -0.3 is 10.4 Å². The first-order chi connectivity index (χ1) is 9.66. The second kappa shape index (κ2) is 6.86. The van der Waals surface area contributed by atoms with Crippen molar-refractivity contribution in [1.29, 1.82) is 0 Å². The molecule has 2 N–H and O–H groups in total. The van der Waals surface area contributed by atoms with Crippen LogP contribution in [0.25, 0.3) is 0 Å². The van der Waals surface area contributed by atoms with E-state index in [0.717, 1.165) is 6.42 Å². The average Bonchev–Trinajstić information content (AvgIpc) is 2.92. The van der Waals surface area contributed by atoms with E-state index in [9.17, 15) is 9.59 Å². The Bertz CT molecular complexity index is 593. The van der Waals surface area contributed by atoms with E-state index in [1.54, 1.807) is 29.5 Å². The fraction of sp³-hybridized carbons (Fsp3) is 0.200. The summed E-state index contributed by atoms with van der Waals surface area (Å²) in [6, 6.07) is 10.6. The number of hydrogen-bond donors (Lipinski definition) is 2. The van der Waals surface area contributed by atoms with Crippen molar-refractivity contribution in [3.05, 3.63) is 57.8 Å². The second-order valence-corrected chi connectivity index (χ2v) is 5.35. The van der Waals surface area contributed by atoms with Crippen molar-refractivity contribution in [1.82, 2.24) is 5.32 Å². The minimum atomic E-state index is -1.01. The van der Waals surface area contributed by atoms with Crippen LogP contribution in [0.2, 0.25) is 0 Å². The quantitative estimate of drug-likeness (QED) is 0.858. The number of carbonyl (C=O) groups excluding carboxylic acids is 1. The first-order valence-corrected chi connectivity index (χ1v) is 7.15. The molecular weight excluding hydrogens is 274 g/mol. The van der Waals surface area contributed by atoms with Crippen molar-refractivity contribution in [2.75, 3.05) is 6.54 Å². The van der Waals surface area contributed by atoms with Crippen LogP contribution < -0.4 is 5.32 Å². The summed E-state index contributed by atoms with van der Waals surface area (Å²) in [5.41, 5.74) is 0.717. The normalized spacial score (nSPS) is 10.2. The molecule has 2 rings (SSSR count). The smallest absolute Gasteiger partial charge is 0.335 e. The van der Waals surface area contributed by atoms with Gasteiger partial charge in [-0.3, -0.25) is 4.79 Å². The number of hydrogen-bond acceptors (Lipinski definition) is 3. The van der Waals surface area contributed by atoms with Gasteiger partial charge in [0.1, 0.15) is 0 Å². The van der Waals surface area contributed by atoms with Crippen LogP contribution in [0.4, 0.5) is 0 Å². The lowest BCUT2D eigenvalue weighted by Crippen LogP contribution is -2.27. The number of thiophene rings is 1. The maximum atomic E-state index is 11.8. The summed E-state index contributed by atoms with van der Waals surface area (Å²) in [7, 11) is 0. The Morgan fingerprint density at radius 1 is 1.15 bits per heavy atom. The van der Waals surface area contributed by atoms with E-state index in [1.165, 1.54) is 10.9 Å². The highest BCUT2D eigenvalue weighted by Gasteiger charge is 2.12. The van der Waals surface area contributed by atoms with Crippen LogP contribution in [-0.4, -0.2) is 23.5 Å². The summed E-state index contributed by atoms with van der Waals surface area (Å²) >= 11 is 1.66. The van der Waals surface area contributed by atoms with Crippen molar-refractivity contribution < 1.29 is 14.7 Å². The van der Waals surface area contributed by atoms with Gasteiger partial charge in [0.05, 0.1) is 12.0 Å². The second-order valence-electron chi connectivity index (χ2n) is 4.32. The van der Waals surface area contributed by atoms with Crippen LogP contribution in [0, 0.1) is 0 Å². The number of carbonyl (C=O) groups is 2. The summed E-state index contributed by atoms with van der Waals surface area (Å²) in [4.78, 5) is 24.1. The highest BCUT2D eigenvalue weighted by Crippen LogP contribution is 2.10. The van der Waals surface area contributed by atoms with Gasteiger partial charge in [0, 0.05) is 11.4 Å². The van der Waals surface area contributed by atoms with Crippen molar-refractivity contribution in [3.8, 4) is 0 Å².